The molecule has 2 rings (SSSR count). The molecule has 5 nitrogen and oxygen atoms in total. The first-order valence-electron chi connectivity index (χ1n) is 9.05. The SMILES string of the molecule is CCCOc1cccc(CCNC(=NC)NCc2ccccc2OC)c1.I. The van der Waals surface area contributed by atoms with Crippen molar-refractivity contribution in [1.82, 2.24) is 10.6 Å². The van der Waals surface area contributed by atoms with Crippen LogP contribution in [0.3, 0.4) is 0 Å². The van der Waals surface area contributed by atoms with Gasteiger partial charge >= 0.3 is 0 Å². The molecule has 0 aliphatic carbocycles. The minimum absolute atomic E-state index is 0. The Hall–Kier alpha value is -1.96. The van der Waals surface area contributed by atoms with Crippen molar-refractivity contribution in [3.63, 3.8) is 0 Å². The molecule has 2 N–H and O–H groups in total. The molecule has 0 spiro atoms. The fourth-order valence-electron chi connectivity index (χ4n) is 2.58. The number of para-hydroxylation sites is 1. The van der Waals surface area contributed by atoms with Crippen molar-refractivity contribution in [2.75, 3.05) is 27.3 Å². The smallest absolute Gasteiger partial charge is 0.191 e. The van der Waals surface area contributed by atoms with E-state index in [0.717, 1.165) is 49.0 Å². The second-order valence-corrected chi connectivity index (χ2v) is 5.91. The first-order chi connectivity index (χ1) is 12.8. The predicted octanol–water partition coefficient (Wildman–Crippen LogP) is 4.01. The molecule has 2 aromatic carbocycles. The minimum atomic E-state index is 0. The lowest BCUT2D eigenvalue weighted by molar-refractivity contribution is 0.317. The van der Waals surface area contributed by atoms with Crippen LogP contribution in [0, 0.1) is 0 Å². The van der Waals surface area contributed by atoms with E-state index in [1.54, 1.807) is 14.2 Å². The van der Waals surface area contributed by atoms with E-state index in [1.807, 2.05) is 36.4 Å². The lowest BCUT2D eigenvalue weighted by Gasteiger charge is -2.14. The van der Waals surface area contributed by atoms with Crippen LogP contribution in [-0.2, 0) is 13.0 Å². The van der Waals surface area contributed by atoms with Gasteiger partial charge in [-0.25, -0.2) is 0 Å². The molecule has 0 aromatic heterocycles. The number of guanidine groups is 1. The standard InChI is InChI=1S/C21H29N3O2.HI/c1-4-14-26-19-10-7-8-17(15-19)12-13-23-21(22-2)24-16-18-9-5-6-11-20(18)25-3;/h5-11,15H,4,12-14,16H2,1-3H3,(H2,22,23,24);1H. The summed E-state index contributed by atoms with van der Waals surface area (Å²) in [5.41, 5.74) is 2.34. The van der Waals surface area contributed by atoms with Crippen LogP contribution in [0.4, 0.5) is 0 Å². The van der Waals surface area contributed by atoms with Crippen molar-refractivity contribution in [2.45, 2.75) is 26.3 Å². The van der Waals surface area contributed by atoms with Crippen molar-refractivity contribution in [3.05, 3.63) is 59.7 Å². The zero-order valence-electron chi connectivity index (χ0n) is 16.3. The number of benzene rings is 2. The van der Waals surface area contributed by atoms with Crippen molar-refractivity contribution >= 4 is 29.9 Å². The number of hydrogen-bond acceptors (Lipinski definition) is 3. The van der Waals surface area contributed by atoms with Gasteiger partial charge in [-0.1, -0.05) is 37.3 Å². The van der Waals surface area contributed by atoms with Crippen LogP contribution in [0.1, 0.15) is 24.5 Å². The highest BCUT2D eigenvalue weighted by atomic mass is 127. The summed E-state index contributed by atoms with van der Waals surface area (Å²) in [5.74, 6) is 2.58. The Morgan fingerprint density at radius 3 is 2.63 bits per heavy atom. The number of nitrogens with zero attached hydrogens (tertiary/aromatic N) is 1. The molecule has 0 saturated heterocycles. The third-order valence-corrected chi connectivity index (χ3v) is 3.94. The van der Waals surface area contributed by atoms with Gasteiger partial charge in [0.25, 0.3) is 0 Å². The normalized spacial score (nSPS) is 10.7. The van der Waals surface area contributed by atoms with Gasteiger partial charge < -0.3 is 20.1 Å². The van der Waals surface area contributed by atoms with Crippen LogP contribution in [0.25, 0.3) is 0 Å². The Bertz CT molecular complexity index is 707. The molecule has 0 atom stereocenters. The van der Waals surface area contributed by atoms with E-state index in [1.165, 1.54) is 5.56 Å². The van der Waals surface area contributed by atoms with Crippen molar-refractivity contribution in [3.8, 4) is 11.5 Å². The fraction of sp³-hybridized carbons (Fsp3) is 0.381. The van der Waals surface area contributed by atoms with Crippen LogP contribution in [0.2, 0.25) is 0 Å². The molecule has 0 unspecified atom stereocenters. The average molecular weight is 483 g/mol. The maximum absolute atomic E-state index is 5.69. The van der Waals surface area contributed by atoms with Gasteiger partial charge in [0.1, 0.15) is 11.5 Å². The first-order valence-corrected chi connectivity index (χ1v) is 9.05. The zero-order chi connectivity index (χ0) is 18.6. The van der Waals surface area contributed by atoms with E-state index >= 15 is 0 Å². The highest BCUT2D eigenvalue weighted by Gasteiger charge is 2.03. The Morgan fingerprint density at radius 2 is 1.89 bits per heavy atom. The van der Waals surface area contributed by atoms with E-state index < -0.39 is 0 Å². The maximum Gasteiger partial charge on any atom is 0.191 e. The highest BCUT2D eigenvalue weighted by Crippen LogP contribution is 2.16. The number of halogens is 1. The Balaban J connectivity index is 0.00000364. The molecule has 0 saturated carbocycles. The molecule has 0 heterocycles. The maximum atomic E-state index is 5.69. The van der Waals surface area contributed by atoms with Crippen molar-refractivity contribution < 1.29 is 9.47 Å². The molecule has 6 heteroatoms. The van der Waals surface area contributed by atoms with Gasteiger partial charge in [0.15, 0.2) is 5.96 Å². The summed E-state index contributed by atoms with van der Waals surface area (Å²) in [7, 11) is 3.46. The lowest BCUT2D eigenvalue weighted by Crippen LogP contribution is -2.37. The van der Waals surface area contributed by atoms with Gasteiger partial charge in [0, 0.05) is 25.7 Å². The van der Waals surface area contributed by atoms with Gasteiger partial charge in [0.05, 0.1) is 13.7 Å². The lowest BCUT2D eigenvalue weighted by atomic mass is 10.1. The summed E-state index contributed by atoms with van der Waals surface area (Å²) in [4.78, 5) is 4.28. The van der Waals surface area contributed by atoms with Crippen LogP contribution >= 0.6 is 24.0 Å². The fourth-order valence-corrected chi connectivity index (χ4v) is 2.58. The molecule has 0 aliphatic heterocycles. The van der Waals surface area contributed by atoms with Crippen LogP contribution < -0.4 is 20.1 Å². The predicted molar refractivity (Wildman–Crippen MR) is 123 cm³/mol. The van der Waals surface area contributed by atoms with Crippen LogP contribution in [0.5, 0.6) is 11.5 Å². The number of ether oxygens (including phenoxy) is 2. The van der Waals surface area contributed by atoms with Gasteiger partial charge in [-0.15, -0.1) is 24.0 Å². The summed E-state index contributed by atoms with van der Waals surface area (Å²) >= 11 is 0. The van der Waals surface area contributed by atoms with Gasteiger partial charge in [-0.05, 0) is 36.6 Å². The summed E-state index contributed by atoms with van der Waals surface area (Å²) in [6.45, 7) is 4.31. The molecule has 0 aliphatic rings. The summed E-state index contributed by atoms with van der Waals surface area (Å²) < 4.78 is 11.1. The van der Waals surface area contributed by atoms with E-state index in [4.69, 9.17) is 9.47 Å². The molecule has 0 amide bonds. The summed E-state index contributed by atoms with van der Waals surface area (Å²) in [5, 5.41) is 6.67. The summed E-state index contributed by atoms with van der Waals surface area (Å²) in [6, 6.07) is 16.2. The van der Waals surface area contributed by atoms with Crippen molar-refractivity contribution in [2.24, 2.45) is 4.99 Å². The highest BCUT2D eigenvalue weighted by molar-refractivity contribution is 14.0. The third-order valence-electron chi connectivity index (χ3n) is 3.94. The topological polar surface area (TPSA) is 54.9 Å². The Morgan fingerprint density at radius 1 is 1.07 bits per heavy atom. The molecule has 0 bridgehead atoms. The zero-order valence-corrected chi connectivity index (χ0v) is 18.7. The molecular formula is C21H30IN3O2. The molecule has 27 heavy (non-hydrogen) atoms. The number of methoxy groups -OCH3 is 1. The van der Waals surface area contributed by atoms with Crippen molar-refractivity contribution in [1.29, 1.82) is 0 Å². The molecule has 0 fully saturated rings. The first kappa shape index (κ1) is 23.1. The number of aliphatic imine (C=N–C) groups is 1. The minimum Gasteiger partial charge on any atom is -0.496 e. The van der Waals surface area contributed by atoms with E-state index in [9.17, 15) is 0 Å². The van der Waals surface area contributed by atoms with Crippen LogP contribution in [-0.4, -0.2) is 33.3 Å². The second kappa shape index (κ2) is 13.2. The Labute approximate surface area is 179 Å². The summed E-state index contributed by atoms with van der Waals surface area (Å²) in [6.07, 6.45) is 1.92. The molecular weight excluding hydrogens is 453 g/mol. The van der Waals surface area contributed by atoms with Gasteiger partial charge in [-0.2, -0.15) is 0 Å². The van der Waals surface area contributed by atoms with E-state index in [-0.39, 0.29) is 24.0 Å². The van der Waals surface area contributed by atoms with E-state index in [0.29, 0.717) is 6.54 Å². The molecule has 148 valence electrons. The number of rotatable bonds is 9. The average Bonchev–Trinajstić information content (AvgIpc) is 2.69. The number of nitrogens with one attached hydrogen (secondary N) is 2. The Kier molecular flexibility index (Phi) is 11.3. The second-order valence-electron chi connectivity index (χ2n) is 5.91. The van der Waals surface area contributed by atoms with Gasteiger partial charge in [-0.3, -0.25) is 4.99 Å². The largest absolute Gasteiger partial charge is 0.496 e. The number of hydrogen-bond donors (Lipinski definition) is 2. The molecule has 2 aromatic rings. The molecule has 0 radical (unpaired) electrons. The quantitative estimate of drug-likeness (QED) is 0.322. The third kappa shape index (κ3) is 8.07. The van der Waals surface area contributed by atoms with Crippen LogP contribution in [0.15, 0.2) is 53.5 Å². The van der Waals surface area contributed by atoms with E-state index in [2.05, 4.69) is 34.7 Å². The monoisotopic (exact) mass is 483 g/mol. The van der Waals surface area contributed by atoms with Gasteiger partial charge in [0.2, 0.25) is 0 Å².